The summed E-state index contributed by atoms with van der Waals surface area (Å²) in [6, 6.07) is 9.64. The van der Waals surface area contributed by atoms with Crippen molar-refractivity contribution >= 4 is 0 Å². The molecular formula is C15H17NO3. The molecule has 0 saturated carbocycles. The number of ether oxygens (including phenoxy) is 1. The van der Waals surface area contributed by atoms with Crippen molar-refractivity contribution in [1.82, 2.24) is 0 Å². The molecule has 1 aromatic heterocycles. The van der Waals surface area contributed by atoms with Gasteiger partial charge in [0.25, 0.3) is 0 Å². The first-order chi connectivity index (χ1) is 9.25. The molecule has 0 radical (unpaired) electrons. The first-order valence-electron chi connectivity index (χ1n) is 6.36. The van der Waals surface area contributed by atoms with Gasteiger partial charge in [0.15, 0.2) is 0 Å². The van der Waals surface area contributed by atoms with E-state index in [9.17, 15) is 5.11 Å². The van der Waals surface area contributed by atoms with E-state index in [0.717, 1.165) is 16.9 Å². The average molecular weight is 259 g/mol. The predicted molar refractivity (Wildman–Crippen MR) is 70.8 cm³/mol. The average Bonchev–Trinajstić information content (AvgIpc) is 3.00. The molecule has 0 bridgehead atoms. The van der Waals surface area contributed by atoms with Crippen LogP contribution in [-0.2, 0) is 6.42 Å². The van der Waals surface area contributed by atoms with Crippen LogP contribution in [0.15, 0.2) is 47.3 Å². The van der Waals surface area contributed by atoms with E-state index in [-0.39, 0.29) is 0 Å². The number of para-hydroxylation sites is 1. The molecule has 0 fully saturated rings. The Morgan fingerprint density at radius 1 is 1.32 bits per heavy atom. The summed E-state index contributed by atoms with van der Waals surface area (Å²) in [5.41, 5.74) is 7.26. The van der Waals surface area contributed by atoms with Gasteiger partial charge in [0.2, 0.25) is 0 Å². The summed E-state index contributed by atoms with van der Waals surface area (Å²) in [7, 11) is 0. The van der Waals surface area contributed by atoms with Gasteiger partial charge in [-0.25, -0.2) is 0 Å². The Kier molecular flexibility index (Phi) is 3.05. The van der Waals surface area contributed by atoms with Gasteiger partial charge in [0, 0.05) is 12.1 Å². The third-order valence-corrected chi connectivity index (χ3v) is 3.88. The highest BCUT2D eigenvalue weighted by molar-refractivity contribution is 5.37. The normalized spacial score (nSPS) is 23.5. The summed E-state index contributed by atoms with van der Waals surface area (Å²) in [4.78, 5) is 0. The smallest absolute Gasteiger partial charge is 0.122 e. The molecule has 3 rings (SSSR count). The van der Waals surface area contributed by atoms with Gasteiger partial charge in [-0.15, -0.1) is 0 Å². The molecule has 0 amide bonds. The standard InChI is InChI=1S/C15H17NO3/c16-9-15(14(17)12-5-6-18-8-12)7-11-3-1-2-4-13(11)19-10-15/h1-6,8,14,17H,7,9-10,16H2. The number of nitrogens with two attached hydrogens (primary N) is 1. The number of hydrogen-bond donors (Lipinski definition) is 2. The third kappa shape index (κ3) is 2.03. The Morgan fingerprint density at radius 2 is 2.16 bits per heavy atom. The lowest BCUT2D eigenvalue weighted by molar-refractivity contribution is -0.0164. The molecule has 0 spiro atoms. The van der Waals surface area contributed by atoms with Crippen LogP contribution in [0, 0.1) is 5.41 Å². The minimum Gasteiger partial charge on any atom is -0.493 e. The van der Waals surface area contributed by atoms with Crippen LogP contribution < -0.4 is 10.5 Å². The summed E-state index contributed by atoms with van der Waals surface area (Å²) in [6.45, 7) is 0.764. The van der Waals surface area contributed by atoms with Gasteiger partial charge in [-0.05, 0) is 24.1 Å². The summed E-state index contributed by atoms with van der Waals surface area (Å²) in [5, 5.41) is 10.6. The van der Waals surface area contributed by atoms with Gasteiger partial charge in [-0.1, -0.05) is 18.2 Å². The zero-order valence-electron chi connectivity index (χ0n) is 10.6. The molecule has 19 heavy (non-hydrogen) atoms. The van der Waals surface area contributed by atoms with Gasteiger partial charge < -0.3 is 20.0 Å². The molecule has 2 unspecified atom stereocenters. The Morgan fingerprint density at radius 3 is 2.89 bits per heavy atom. The van der Waals surface area contributed by atoms with E-state index in [4.69, 9.17) is 14.9 Å². The number of benzene rings is 1. The summed E-state index contributed by atoms with van der Waals surface area (Å²) in [5.74, 6) is 0.881. The van der Waals surface area contributed by atoms with Crippen molar-refractivity contribution in [1.29, 1.82) is 0 Å². The van der Waals surface area contributed by atoms with E-state index in [1.165, 1.54) is 0 Å². The Labute approximate surface area is 111 Å². The highest BCUT2D eigenvalue weighted by Gasteiger charge is 2.42. The second kappa shape index (κ2) is 4.72. The van der Waals surface area contributed by atoms with Crippen LogP contribution in [0.25, 0.3) is 0 Å². The Bertz CT molecular complexity index is 552. The zero-order valence-corrected chi connectivity index (χ0v) is 10.6. The molecule has 2 aromatic rings. The number of furan rings is 1. The van der Waals surface area contributed by atoms with Gasteiger partial charge in [-0.3, -0.25) is 0 Å². The van der Waals surface area contributed by atoms with E-state index < -0.39 is 11.5 Å². The van der Waals surface area contributed by atoms with Crippen molar-refractivity contribution in [3.05, 3.63) is 54.0 Å². The molecule has 2 atom stereocenters. The van der Waals surface area contributed by atoms with Crippen LogP contribution in [0.1, 0.15) is 17.2 Å². The Balaban J connectivity index is 1.94. The second-order valence-electron chi connectivity index (χ2n) is 5.10. The maximum atomic E-state index is 10.6. The van der Waals surface area contributed by atoms with Crippen LogP contribution in [-0.4, -0.2) is 18.3 Å². The molecule has 1 aliphatic heterocycles. The SMILES string of the molecule is NCC1(C(O)c2ccoc2)COc2ccccc2C1. The fraction of sp³-hybridized carbons (Fsp3) is 0.333. The third-order valence-electron chi connectivity index (χ3n) is 3.88. The largest absolute Gasteiger partial charge is 0.493 e. The monoisotopic (exact) mass is 259 g/mol. The van der Waals surface area contributed by atoms with Crippen LogP contribution in [0.4, 0.5) is 0 Å². The minimum absolute atomic E-state index is 0.355. The number of hydrogen-bond acceptors (Lipinski definition) is 4. The van der Waals surface area contributed by atoms with Crippen LogP contribution in [0.3, 0.4) is 0 Å². The second-order valence-corrected chi connectivity index (χ2v) is 5.10. The lowest BCUT2D eigenvalue weighted by atomic mass is 9.74. The zero-order chi connectivity index (χ0) is 13.3. The van der Waals surface area contributed by atoms with E-state index in [0.29, 0.717) is 19.6 Å². The lowest BCUT2D eigenvalue weighted by Crippen LogP contribution is -2.45. The van der Waals surface area contributed by atoms with E-state index in [2.05, 4.69) is 0 Å². The molecule has 1 aromatic carbocycles. The number of aliphatic hydroxyl groups excluding tert-OH is 1. The molecule has 3 N–H and O–H groups in total. The lowest BCUT2D eigenvalue weighted by Gasteiger charge is -2.40. The molecule has 0 saturated heterocycles. The van der Waals surface area contributed by atoms with E-state index in [1.807, 2.05) is 24.3 Å². The number of fused-ring (bicyclic) bond motifs is 1. The summed E-state index contributed by atoms with van der Waals surface area (Å²) in [6.07, 6.45) is 3.12. The quantitative estimate of drug-likeness (QED) is 0.883. The highest BCUT2D eigenvalue weighted by Crippen LogP contribution is 2.42. The molecule has 100 valence electrons. The fourth-order valence-electron chi connectivity index (χ4n) is 2.64. The molecule has 2 heterocycles. The topological polar surface area (TPSA) is 68.6 Å². The highest BCUT2D eigenvalue weighted by atomic mass is 16.5. The van der Waals surface area contributed by atoms with Gasteiger partial charge in [0.1, 0.15) is 5.75 Å². The molecule has 1 aliphatic rings. The van der Waals surface area contributed by atoms with Crippen LogP contribution in [0.2, 0.25) is 0 Å². The summed E-state index contributed by atoms with van der Waals surface area (Å²) >= 11 is 0. The maximum Gasteiger partial charge on any atom is 0.122 e. The van der Waals surface area contributed by atoms with E-state index in [1.54, 1.807) is 18.6 Å². The molecule has 4 nitrogen and oxygen atoms in total. The molecule has 4 heteroatoms. The number of aliphatic hydroxyl groups is 1. The minimum atomic E-state index is -0.690. The fourth-order valence-corrected chi connectivity index (χ4v) is 2.64. The van der Waals surface area contributed by atoms with Crippen LogP contribution in [0.5, 0.6) is 5.75 Å². The van der Waals surface area contributed by atoms with E-state index >= 15 is 0 Å². The van der Waals surface area contributed by atoms with Crippen molar-refractivity contribution in [2.45, 2.75) is 12.5 Å². The van der Waals surface area contributed by atoms with Crippen molar-refractivity contribution < 1.29 is 14.3 Å². The van der Waals surface area contributed by atoms with Gasteiger partial charge in [-0.2, -0.15) is 0 Å². The first-order valence-corrected chi connectivity index (χ1v) is 6.36. The summed E-state index contributed by atoms with van der Waals surface area (Å²) < 4.78 is 10.8. The molecular weight excluding hydrogens is 242 g/mol. The molecule has 0 aliphatic carbocycles. The van der Waals surface area contributed by atoms with Crippen molar-refractivity contribution in [2.75, 3.05) is 13.2 Å². The maximum absolute atomic E-state index is 10.6. The predicted octanol–water partition coefficient (Wildman–Crippen LogP) is 1.89. The van der Waals surface area contributed by atoms with Gasteiger partial charge >= 0.3 is 0 Å². The van der Waals surface area contributed by atoms with Crippen LogP contribution >= 0.6 is 0 Å². The Hall–Kier alpha value is -1.78. The number of rotatable bonds is 3. The van der Waals surface area contributed by atoms with Crippen molar-refractivity contribution in [3.8, 4) is 5.75 Å². The first kappa shape index (κ1) is 12.3. The van der Waals surface area contributed by atoms with Crippen molar-refractivity contribution in [2.24, 2.45) is 11.1 Å². The van der Waals surface area contributed by atoms with Gasteiger partial charge in [0.05, 0.1) is 30.7 Å². The van der Waals surface area contributed by atoms with Crippen molar-refractivity contribution in [3.63, 3.8) is 0 Å².